The van der Waals surface area contributed by atoms with Crippen LogP contribution in [0.2, 0.25) is 0 Å². The molecule has 216 valence electrons. The number of nitrogen functional groups attached to an aromatic ring is 1. The molecule has 0 saturated carbocycles. The maximum Gasteiger partial charge on any atom is 0.292 e. The standard InChI is InChI=1S/C27H28N10O3S2/c1-13-10-30-26(41-13)20-7-4-15(11-29-20)19-12-31-37-23(28)22(42(3,39)40)21(33-25(19)37)16-8-17-5-6-18(9-16)36(17)27(38)24-32-14(2)34-35-24/h4,7,10-12,16-18H,5-6,8-9,28H2,1-3H3,(H,32,34,35)/t16-,17+,18-. The largest absolute Gasteiger partial charge is 0.382 e. The van der Waals surface area contributed by atoms with Crippen molar-refractivity contribution in [1.29, 1.82) is 0 Å². The van der Waals surface area contributed by atoms with E-state index in [9.17, 15) is 13.2 Å². The Bertz CT molecular complexity index is 1950. The second-order valence-corrected chi connectivity index (χ2v) is 14.2. The fourth-order valence-electron chi connectivity index (χ4n) is 6.33. The van der Waals surface area contributed by atoms with Crippen molar-refractivity contribution in [2.45, 2.75) is 62.4 Å². The predicted molar refractivity (Wildman–Crippen MR) is 156 cm³/mol. The summed E-state index contributed by atoms with van der Waals surface area (Å²) in [7, 11) is -3.75. The van der Waals surface area contributed by atoms with Crippen molar-refractivity contribution in [2.24, 2.45) is 0 Å². The highest BCUT2D eigenvalue weighted by molar-refractivity contribution is 7.91. The van der Waals surface area contributed by atoms with E-state index in [4.69, 9.17) is 10.7 Å². The maximum absolute atomic E-state index is 13.3. The lowest BCUT2D eigenvalue weighted by Crippen LogP contribution is -2.46. The summed E-state index contributed by atoms with van der Waals surface area (Å²) in [5.74, 6) is 0.420. The van der Waals surface area contributed by atoms with Crippen LogP contribution in [0, 0.1) is 13.8 Å². The number of anilines is 1. The van der Waals surface area contributed by atoms with Crippen LogP contribution in [0.4, 0.5) is 5.82 Å². The van der Waals surface area contributed by atoms with Gasteiger partial charge in [-0.1, -0.05) is 6.07 Å². The first-order chi connectivity index (χ1) is 20.1. The van der Waals surface area contributed by atoms with Gasteiger partial charge in [0, 0.05) is 52.7 Å². The topological polar surface area (TPSA) is 178 Å². The minimum Gasteiger partial charge on any atom is -0.382 e. The van der Waals surface area contributed by atoms with Crippen LogP contribution < -0.4 is 5.73 Å². The minimum atomic E-state index is -3.75. The van der Waals surface area contributed by atoms with Crippen LogP contribution in [-0.4, -0.2) is 77.3 Å². The van der Waals surface area contributed by atoms with Gasteiger partial charge in [-0.05, 0) is 45.6 Å². The minimum absolute atomic E-state index is 0.00713. The van der Waals surface area contributed by atoms with Gasteiger partial charge >= 0.3 is 0 Å². The van der Waals surface area contributed by atoms with Crippen LogP contribution in [0.25, 0.3) is 27.5 Å². The van der Waals surface area contributed by atoms with Crippen LogP contribution in [0.1, 0.15) is 58.6 Å². The van der Waals surface area contributed by atoms with Crippen molar-refractivity contribution < 1.29 is 13.2 Å². The first-order valence-electron chi connectivity index (χ1n) is 13.6. The van der Waals surface area contributed by atoms with Crippen molar-refractivity contribution >= 4 is 38.5 Å². The van der Waals surface area contributed by atoms with E-state index in [0.29, 0.717) is 35.6 Å². The Kier molecular flexibility index (Phi) is 6.13. The second kappa shape index (κ2) is 9.66. The average molecular weight is 605 g/mol. The summed E-state index contributed by atoms with van der Waals surface area (Å²) >= 11 is 1.57. The van der Waals surface area contributed by atoms with Crippen molar-refractivity contribution in [1.82, 2.24) is 44.6 Å². The van der Waals surface area contributed by atoms with Gasteiger partial charge in [0.25, 0.3) is 5.91 Å². The van der Waals surface area contributed by atoms with Crippen molar-refractivity contribution in [3.8, 4) is 21.8 Å². The van der Waals surface area contributed by atoms with Gasteiger partial charge in [0.05, 0.1) is 17.6 Å². The van der Waals surface area contributed by atoms with E-state index in [1.165, 1.54) is 4.52 Å². The third-order valence-electron chi connectivity index (χ3n) is 8.11. The molecule has 3 N–H and O–H groups in total. The van der Waals surface area contributed by atoms with Crippen molar-refractivity contribution in [2.75, 3.05) is 12.0 Å². The third-order valence-corrected chi connectivity index (χ3v) is 10.2. The number of pyridine rings is 1. The van der Waals surface area contributed by atoms with Gasteiger partial charge in [-0.3, -0.25) is 9.78 Å². The third kappa shape index (κ3) is 4.34. The molecule has 13 nitrogen and oxygen atoms in total. The quantitative estimate of drug-likeness (QED) is 0.303. The number of amides is 1. The van der Waals surface area contributed by atoms with Gasteiger partial charge in [-0.25, -0.2) is 18.4 Å². The number of thiazole rings is 1. The molecule has 2 aliphatic heterocycles. The number of nitrogens with two attached hydrogens (primary N) is 1. The van der Waals surface area contributed by atoms with E-state index in [0.717, 1.165) is 40.2 Å². The summed E-state index contributed by atoms with van der Waals surface area (Å²) in [5.41, 5.74) is 9.62. The summed E-state index contributed by atoms with van der Waals surface area (Å²) in [4.78, 5) is 33.2. The number of aromatic nitrogens is 8. The van der Waals surface area contributed by atoms with E-state index in [-0.39, 0.29) is 40.4 Å². The van der Waals surface area contributed by atoms with Crippen molar-refractivity contribution in [3.63, 3.8) is 0 Å². The van der Waals surface area contributed by atoms with E-state index in [2.05, 4.69) is 30.2 Å². The van der Waals surface area contributed by atoms with Crippen LogP contribution in [0.15, 0.2) is 35.6 Å². The number of nitrogens with zero attached hydrogens (tertiary/aromatic N) is 8. The molecule has 2 bridgehead atoms. The van der Waals surface area contributed by atoms with Crippen molar-refractivity contribution in [3.05, 3.63) is 52.9 Å². The fourth-order valence-corrected chi connectivity index (χ4v) is 8.13. The number of fused-ring (bicyclic) bond motifs is 3. The number of carbonyl (C=O) groups excluding carboxylic acids is 1. The molecule has 2 fully saturated rings. The van der Waals surface area contributed by atoms with E-state index in [1.807, 2.05) is 30.2 Å². The van der Waals surface area contributed by atoms with Gasteiger partial charge in [0.1, 0.15) is 21.5 Å². The smallest absolute Gasteiger partial charge is 0.292 e. The first-order valence-corrected chi connectivity index (χ1v) is 16.3. The number of aryl methyl sites for hydroxylation is 2. The molecular formula is C27H28N10O3S2. The SMILES string of the molecule is Cc1nnc(C(=O)N2[C@@H]3CC[C@H]2C[C@@H](c2nc4c(-c5ccc(-c6ncc(C)s6)nc5)cnn4c(N)c2S(C)(=O)=O)C3)[nH]1. The Morgan fingerprint density at radius 2 is 1.83 bits per heavy atom. The molecule has 0 unspecified atom stereocenters. The van der Waals surface area contributed by atoms with Gasteiger partial charge in [-0.15, -0.1) is 21.5 Å². The number of H-pyrrole nitrogens is 1. The Morgan fingerprint density at radius 3 is 2.43 bits per heavy atom. The normalized spacial score (nSPS) is 20.5. The monoisotopic (exact) mass is 604 g/mol. The highest BCUT2D eigenvalue weighted by atomic mass is 32.2. The first kappa shape index (κ1) is 26.6. The summed E-state index contributed by atoms with van der Waals surface area (Å²) in [6.45, 7) is 3.75. The fraction of sp³-hybridized carbons (Fsp3) is 0.370. The molecule has 2 saturated heterocycles. The number of nitrogens with one attached hydrogen (secondary N) is 1. The number of carbonyl (C=O) groups is 1. The zero-order chi connectivity index (χ0) is 29.3. The molecule has 0 radical (unpaired) electrons. The molecule has 5 aromatic rings. The highest BCUT2D eigenvalue weighted by Gasteiger charge is 2.46. The highest BCUT2D eigenvalue weighted by Crippen LogP contribution is 2.45. The number of rotatable bonds is 5. The zero-order valence-corrected chi connectivity index (χ0v) is 24.8. The van der Waals surface area contributed by atoms with Crippen LogP contribution in [0.5, 0.6) is 0 Å². The molecule has 7 heterocycles. The summed E-state index contributed by atoms with van der Waals surface area (Å²) in [5, 5.41) is 13.2. The number of hydrogen-bond donors (Lipinski definition) is 2. The molecule has 0 spiro atoms. The van der Waals surface area contributed by atoms with E-state index in [1.54, 1.807) is 30.7 Å². The number of aromatic amines is 1. The molecule has 5 aromatic heterocycles. The number of piperidine rings is 1. The number of hydrogen-bond acceptors (Lipinski definition) is 11. The maximum atomic E-state index is 13.3. The molecule has 1 amide bonds. The molecule has 15 heteroatoms. The molecule has 0 aliphatic carbocycles. The van der Waals surface area contributed by atoms with E-state index >= 15 is 0 Å². The zero-order valence-electron chi connectivity index (χ0n) is 23.1. The van der Waals surface area contributed by atoms with Crippen LogP contribution >= 0.6 is 11.3 Å². The Labute approximate surface area is 245 Å². The van der Waals surface area contributed by atoms with Crippen LogP contribution in [-0.2, 0) is 9.84 Å². The Morgan fingerprint density at radius 1 is 1.07 bits per heavy atom. The molecular weight excluding hydrogens is 576 g/mol. The van der Waals surface area contributed by atoms with Gasteiger partial charge in [-0.2, -0.15) is 9.61 Å². The molecule has 42 heavy (non-hydrogen) atoms. The molecule has 2 aliphatic rings. The summed E-state index contributed by atoms with van der Waals surface area (Å²) < 4.78 is 27.6. The average Bonchev–Trinajstić information content (AvgIpc) is 3.74. The summed E-state index contributed by atoms with van der Waals surface area (Å²) in [6, 6.07) is 3.67. The molecule has 7 rings (SSSR count). The van der Waals surface area contributed by atoms with Gasteiger partial charge < -0.3 is 15.6 Å². The van der Waals surface area contributed by atoms with Gasteiger partial charge in [0.2, 0.25) is 5.82 Å². The lowest BCUT2D eigenvalue weighted by Gasteiger charge is -2.38. The second-order valence-electron chi connectivity index (χ2n) is 11.0. The molecule has 3 atom stereocenters. The lowest BCUT2D eigenvalue weighted by molar-refractivity contribution is 0.0556. The Balaban J connectivity index is 1.27. The van der Waals surface area contributed by atoms with Crippen LogP contribution in [0.3, 0.4) is 0 Å². The lowest BCUT2D eigenvalue weighted by atomic mass is 9.87. The summed E-state index contributed by atoms with van der Waals surface area (Å²) in [6.07, 6.45) is 9.09. The molecule has 0 aromatic carbocycles. The van der Waals surface area contributed by atoms with E-state index < -0.39 is 9.84 Å². The number of sulfone groups is 1. The van der Waals surface area contributed by atoms with Gasteiger partial charge in [0.15, 0.2) is 15.5 Å². The predicted octanol–water partition coefficient (Wildman–Crippen LogP) is 3.19. The Hall–Kier alpha value is -4.24.